The van der Waals surface area contributed by atoms with Gasteiger partial charge in [-0.15, -0.1) is 0 Å². The molecule has 9 heteroatoms. The van der Waals surface area contributed by atoms with Crippen molar-refractivity contribution in [1.29, 1.82) is 0 Å². The van der Waals surface area contributed by atoms with Gasteiger partial charge in [-0.2, -0.15) is 0 Å². The maximum atomic E-state index is 13.2. The molecular weight excluding hydrogens is 408 g/mol. The average Bonchev–Trinajstić information content (AvgIpc) is 3.30. The van der Waals surface area contributed by atoms with Crippen LogP contribution in [0.5, 0.6) is 0 Å². The predicted octanol–water partition coefficient (Wildman–Crippen LogP) is 2.90. The topological polar surface area (TPSA) is 75.9 Å². The first-order valence-corrected chi connectivity index (χ1v) is 10.8. The zero-order valence-corrected chi connectivity index (χ0v) is 17.9. The monoisotopic (exact) mass is 430 g/mol. The lowest BCUT2D eigenvalue weighted by molar-refractivity contribution is -0.123. The number of aromatic nitrogens is 2. The van der Waals surface area contributed by atoms with Gasteiger partial charge in [0.25, 0.3) is 11.5 Å². The van der Waals surface area contributed by atoms with E-state index in [1.54, 1.807) is 29.3 Å². The number of hydrogen-bond donors (Lipinski definition) is 1. The maximum absolute atomic E-state index is 13.2. The van der Waals surface area contributed by atoms with Crippen molar-refractivity contribution >= 4 is 51.7 Å². The lowest BCUT2D eigenvalue weighted by Crippen LogP contribution is -2.34. The molecule has 2 aliphatic rings. The molecule has 2 aliphatic heterocycles. The molecule has 2 aromatic rings. The Bertz CT molecular complexity index is 1060. The van der Waals surface area contributed by atoms with E-state index in [4.69, 9.17) is 17.0 Å². The second-order valence-electron chi connectivity index (χ2n) is 7.27. The number of nitrogens with zero attached hydrogens (tertiary/aromatic N) is 3. The van der Waals surface area contributed by atoms with Gasteiger partial charge in [0.1, 0.15) is 15.8 Å². The molecule has 1 amide bonds. The van der Waals surface area contributed by atoms with Crippen molar-refractivity contribution < 1.29 is 9.53 Å². The number of nitrogens with one attached hydrogen (secondary N) is 1. The number of amides is 1. The van der Waals surface area contributed by atoms with Crippen LogP contribution in [0.15, 0.2) is 34.1 Å². The highest BCUT2D eigenvalue weighted by atomic mass is 32.2. The third-order valence-electron chi connectivity index (χ3n) is 4.91. The summed E-state index contributed by atoms with van der Waals surface area (Å²) in [6.07, 6.45) is 5.38. The van der Waals surface area contributed by atoms with Crippen molar-refractivity contribution in [3.8, 4) is 0 Å². The number of carbonyl (C=O) groups excluding carboxylic acids is 1. The van der Waals surface area contributed by atoms with E-state index in [0.29, 0.717) is 32.8 Å². The molecule has 152 valence electrons. The standard InChI is InChI=1S/C20H22N4O3S2/c1-12(2)24-19(26)15(29-20(24)28)10-14-17(21-11-13-6-5-9-27-13)22-16-7-3-4-8-23(16)18(14)25/h3-4,7-8,10,12-13,21H,5-6,9,11H2,1-2H3/b15-10-/t13-/m1/s1. The fourth-order valence-electron chi connectivity index (χ4n) is 3.44. The van der Waals surface area contributed by atoms with Crippen molar-refractivity contribution in [1.82, 2.24) is 14.3 Å². The summed E-state index contributed by atoms with van der Waals surface area (Å²) < 4.78 is 7.64. The van der Waals surface area contributed by atoms with Crippen LogP contribution in [0, 0.1) is 0 Å². The summed E-state index contributed by atoms with van der Waals surface area (Å²) >= 11 is 6.56. The van der Waals surface area contributed by atoms with Gasteiger partial charge in [0.05, 0.1) is 16.6 Å². The molecule has 0 saturated carbocycles. The molecule has 0 aromatic carbocycles. The van der Waals surface area contributed by atoms with Crippen LogP contribution in [0.3, 0.4) is 0 Å². The van der Waals surface area contributed by atoms with Crippen LogP contribution in [0.25, 0.3) is 11.7 Å². The van der Waals surface area contributed by atoms with Gasteiger partial charge in [-0.05, 0) is 44.9 Å². The van der Waals surface area contributed by atoms with Crippen LogP contribution in [-0.2, 0) is 9.53 Å². The first-order chi connectivity index (χ1) is 14.0. The van der Waals surface area contributed by atoms with Crippen molar-refractivity contribution in [2.24, 2.45) is 0 Å². The van der Waals surface area contributed by atoms with E-state index in [1.807, 2.05) is 19.9 Å². The molecule has 1 atom stereocenters. The Balaban J connectivity index is 1.76. The molecule has 0 unspecified atom stereocenters. The smallest absolute Gasteiger partial charge is 0.267 e. The van der Waals surface area contributed by atoms with Crippen LogP contribution < -0.4 is 10.9 Å². The van der Waals surface area contributed by atoms with Crippen molar-refractivity contribution in [2.45, 2.75) is 38.8 Å². The summed E-state index contributed by atoms with van der Waals surface area (Å²) in [6, 6.07) is 5.35. The van der Waals surface area contributed by atoms with Gasteiger partial charge < -0.3 is 10.1 Å². The number of pyridine rings is 1. The molecular formula is C20H22N4O3S2. The minimum Gasteiger partial charge on any atom is -0.376 e. The Hall–Kier alpha value is -2.23. The summed E-state index contributed by atoms with van der Waals surface area (Å²) in [6.45, 7) is 5.14. The SMILES string of the molecule is CC(C)N1C(=O)/C(=C/c2c(NC[C@H]3CCCO3)nc3ccccn3c2=O)SC1=S. The van der Waals surface area contributed by atoms with Crippen LogP contribution in [0.1, 0.15) is 32.3 Å². The molecule has 7 nitrogen and oxygen atoms in total. The van der Waals surface area contributed by atoms with Crippen molar-refractivity contribution in [3.05, 3.63) is 45.2 Å². The van der Waals surface area contributed by atoms with Crippen LogP contribution >= 0.6 is 24.0 Å². The fourth-order valence-corrected chi connectivity index (χ4v) is 4.95. The number of thiocarbonyl (C=S) groups is 1. The van der Waals surface area contributed by atoms with Gasteiger partial charge in [0.15, 0.2) is 0 Å². The molecule has 29 heavy (non-hydrogen) atoms. The molecule has 0 bridgehead atoms. The third kappa shape index (κ3) is 3.94. The Morgan fingerprint density at radius 2 is 2.24 bits per heavy atom. The molecule has 1 N–H and O–H groups in total. The summed E-state index contributed by atoms with van der Waals surface area (Å²) in [4.78, 5) is 32.6. The Morgan fingerprint density at radius 1 is 1.41 bits per heavy atom. The normalized spacial score (nSPS) is 21.1. The van der Waals surface area contributed by atoms with E-state index in [0.717, 1.165) is 19.4 Å². The van der Waals surface area contributed by atoms with E-state index in [1.165, 1.54) is 16.2 Å². The first kappa shape index (κ1) is 20.1. The zero-order chi connectivity index (χ0) is 20.5. The number of anilines is 1. The molecule has 0 spiro atoms. The zero-order valence-electron chi connectivity index (χ0n) is 16.3. The highest BCUT2D eigenvalue weighted by Crippen LogP contribution is 2.34. The van der Waals surface area contributed by atoms with Crippen LogP contribution in [0.2, 0.25) is 0 Å². The number of hydrogen-bond acceptors (Lipinski definition) is 7. The number of carbonyl (C=O) groups is 1. The molecule has 2 aromatic heterocycles. The van der Waals surface area contributed by atoms with Gasteiger partial charge in [-0.1, -0.05) is 30.0 Å². The van der Waals surface area contributed by atoms with Gasteiger partial charge in [0.2, 0.25) is 0 Å². The molecule has 0 radical (unpaired) electrons. The second-order valence-corrected chi connectivity index (χ2v) is 8.95. The van der Waals surface area contributed by atoms with Gasteiger partial charge >= 0.3 is 0 Å². The first-order valence-electron chi connectivity index (χ1n) is 9.59. The number of fused-ring (bicyclic) bond motifs is 1. The Morgan fingerprint density at radius 3 is 2.93 bits per heavy atom. The lowest BCUT2D eigenvalue weighted by atomic mass is 10.2. The molecule has 4 heterocycles. The number of thioether (sulfide) groups is 1. The van der Waals surface area contributed by atoms with Gasteiger partial charge in [-0.25, -0.2) is 4.98 Å². The third-order valence-corrected chi connectivity index (χ3v) is 6.24. The summed E-state index contributed by atoms with van der Waals surface area (Å²) in [5.41, 5.74) is 0.649. The highest BCUT2D eigenvalue weighted by Gasteiger charge is 2.34. The lowest BCUT2D eigenvalue weighted by Gasteiger charge is -2.18. The summed E-state index contributed by atoms with van der Waals surface area (Å²) in [5.74, 6) is 0.268. The minimum absolute atomic E-state index is 0.0404. The molecule has 4 rings (SSSR count). The van der Waals surface area contributed by atoms with Gasteiger partial charge in [-0.3, -0.25) is 18.9 Å². The van der Waals surface area contributed by atoms with Gasteiger partial charge in [0, 0.05) is 25.4 Å². The van der Waals surface area contributed by atoms with E-state index in [-0.39, 0.29) is 23.6 Å². The molecule has 2 saturated heterocycles. The quantitative estimate of drug-likeness (QED) is 0.577. The van der Waals surface area contributed by atoms with Crippen molar-refractivity contribution in [3.63, 3.8) is 0 Å². The van der Waals surface area contributed by atoms with Crippen molar-refractivity contribution in [2.75, 3.05) is 18.5 Å². The second kappa shape index (κ2) is 8.25. The van der Waals surface area contributed by atoms with E-state index < -0.39 is 0 Å². The number of ether oxygens (including phenoxy) is 1. The maximum Gasteiger partial charge on any atom is 0.267 e. The number of rotatable bonds is 5. The predicted molar refractivity (Wildman–Crippen MR) is 119 cm³/mol. The highest BCUT2D eigenvalue weighted by molar-refractivity contribution is 8.26. The van der Waals surface area contributed by atoms with Crippen LogP contribution in [0.4, 0.5) is 5.82 Å². The fraction of sp³-hybridized carbons (Fsp3) is 0.400. The minimum atomic E-state index is -0.236. The largest absolute Gasteiger partial charge is 0.376 e. The Kier molecular flexibility index (Phi) is 5.71. The molecule has 2 fully saturated rings. The molecule has 0 aliphatic carbocycles. The summed E-state index contributed by atoms with van der Waals surface area (Å²) in [5, 5.41) is 3.26. The van der Waals surface area contributed by atoms with E-state index in [2.05, 4.69) is 10.3 Å². The Labute approximate surface area is 178 Å². The van der Waals surface area contributed by atoms with E-state index >= 15 is 0 Å². The van der Waals surface area contributed by atoms with E-state index in [9.17, 15) is 9.59 Å². The summed E-state index contributed by atoms with van der Waals surface area (Å²) in [7, 11) is 0. The average molecular weight is 431 g/mol. The van der Waals surface area contributed by atoms with Crippen LogP contribution in [-0.4, -0.2) is 49.8 Å².